The van der Waals surface area contributed by atoms with Crippen LogP contribution in [-0.4, -0.2) is 20.7 Å². The van der Waals surface area contributed by atoms with Gasteiger partial charge >= 0.3 is 0 Å². The third-order valence-electron chi connectivity index (χ3n) is 1.48. The van der Waals surface area contributed by atoms with Crippen LogP contribution >= 0.6 is 0 Å². The van der Waals surface area contributed by atoms with Gasteiger partial charge in [0, 0.05) is 0 Å². The molecule has 0 aromatic carbocycles. The van der Waals surface area contributed by atoms with E-state index in [-0.39, 0.29) is 5.69 Å². The topological polar surface area (TPSA) is 47.3 Å². The van der Waals surface area contributed by atoms with Crippen molar-refractivity contribution >= 4 is 12.1 Å². The quantitative estimate of drug-likeness (QED) is 0.584. The highest BCUT2D eigenvalue weighted by Gasteiger charge is 2.02. The molecular formula is C7H4FN3O. The highest BCUT2D eigenvalue weighted by molar-refractivity contribution is 5.73. The highest BCUT2D eigenvalue weighted by Crippen LogP contribution is 2.02. The van der Waals surface area contributed by atoms with Crippen LogP contribution in [0.4, 0.5) is 4.39 Å². The van der Waals surface area contributed by atoms with E-state index in [0.717, 1.165) is 6.20 Å². The van der Waals surface area contributed by atoms with Crippen LogP contribution in [0.2, 0.25) is 0 Å². The lowest BCUT2D eigenvalue weighted by Gasteiger charge is -1.92. The first-order valence-corrected chi connectivity index (χ1v) is 3.25. The number of carbonyl (C=O) groups is 1. The fraction of sp³-hybridized carbons (Fsp3) is 0. The van der Waals surface area contributed by atoms with Crippen molar-refractivity contribution in [2.24, 2.45) is 0 Å². The third kappa shape index (κ3) is 0.868. The Morgan fingerprint density at radius 1 is 1.42 bits per heavy atom. The molecule has 0 radical (unpaired) electrons. The molecule has 0 bridgehead atoms. The van der Waals surface area contributed by atoms with Gasteiger partial charge in [-0.05, 0) is 0 Å². The first kappa shape index (κ1) is 6.90. The van der Waals surface area contributed by atoms with Crippen molar-refractivity contribution < 1.29 is 9.18 Å². The molecule has 0 aliphatic heterocycles. The number of rotatable bonds is 1. The normalized spacial score (nSPS) is 10.4. The molecule has 0 spiro atoms. The van der Waals surface area contributed by atoms with Crippen LogP contribution in [-0.2, 0) is 0 Å². The van der Waals surface area contributed by atoms with Crippen LogP contribution in [0.3, 0.4) is 0 Å². The second-order valence-electron chi connectivity index (χ2n) is 2.24. The van der Waals surface area contributed by atoms with E-state index in [4.69, 9.17) is 0 Å². The third-order valence-corrected chi connectivity index (χ3v) is 1.48. The van der Waals surface area contributed by atoms with Gasteiger partial charge in [0.2, 0.25) is 5.78 Å². The van der Waals surface area contributed by atoms with E-state index in [1.165, 1.54) is 16.8 Å². The van der Waals surface area contributed by atoms with Crippen LogP contribution in [0.25, 0.3) is 5.78 Å². The molecule has 0 saturated carbocycles. The minimum absolute atomic E-state index is 0.289. The van der Waals surface area contributed by atoms with Crippen molar-refractivity contribution in [1.29, 1.82) is 0 Å². The average Bonchev–Trinajstić information content (AvgIpc) is 2.46. The zero-order valence-electron chi connectivity index (χ0n) is 5.94. The number of imidazole rings is 1. The van der Waals surface area contributed by atoms with Crippen LogP contribution in [0, 0.1) is 5.82 Å². The number of hydrogen-bond acceptors (Lipinski definition) is 3. The molecule has 2 rings (SSSR count). The van der Waals surface area contributed by atoms with Crippen molar-refractivity contribution in [2.45, 2.75) is 0 Å². The Kier molecular flexibility index (Phi) is 1.36. The molecule has 0 unspecified atom stereocenters. The van der Waals surface area contributed by atoms with E-state index in [2.05, 4.69) is 9.97 Å². The zero-order chi connectivity index (χ0) is 8.55. The number of carbonyl (C=O) groups excluding carboxylic acids is 1. The molecule has 0 atom stereocenters. The van der Waals surface area contributed by atoms with Crippen molar-refractivity contribution in [3.63, 3.8) is 0 Å². The maximum absolute atomic E-state index is 12.6. The maximum atomic E-state index is 12.6. The van der Waals surface area contributed by atoms with E-state index in [1.54, 1.807) is 0 Å². The summed E-state index contributed by atoms with van der Waals surface area (Å²) in [6.07, 6.45) is 4.16. The summed E-state index contributed by atoms with van der Waals surface area (Å²) in [6, 6.07) is 0. The molecule has 2 heterocycles. The lowest BCUT2D eigenvalue weighted by molar-refractivity contribution is 0.111. The van der Waals surface area contributed by atoms with E-state index in [0.29, 0.717) is 12.1 Å². The highest BCUT2D eigenvalue weighted by atomic mass is 19.1. The predicted molar refractivity (Wildman–Crippen MR) is 38.3 cm³/mol. The Balaban J connectivity index is 2.83. The maximum Gasteiger partial charge on any atom is 0.234 e. The molecule has 0 fully saturated rings. The standard InChI is InChI=1S/C7H4FN3O/c8-5-1-9-7-10-2-6(4-12)11(7)3-5/h1-4H. The Morgan fingerprint density at radius 3 is 2.92 bits per heavy atom. The summed E-state index contributed by atoms with van der Waals surface area (Å²) in [4.78, 5) is 17.8. The molecule has 5 heteroatoms. The molecule has 0 aliphatic carbocycles. The minimum Gasteiger partial charge on any atom is -0.296 e. The number of aromatic nitrogens is 3. The van der Waals surface area contributed by atoms with Crippen LogP contribution in [0.1, 0.15) is 10.5 Å². The van der Waals surface area contributed by atoms with Crippen molar-refractivity contribution in [2.75, 3.05) is 0 Å². The summed E-state index contributed by atoms with van der Waals surface area (Å²) >= 11 is 0. The monoisotopic (exact) mass is 165 g/mol. The van der Waals surface area contributed by atoms with E-state index in [9.17, 15) is 9.18 Å². The molecule has 2 aromatic heterocycles. The number of nitrogens with zero attached hydrogens (tertiary/aromatic N) is 3. The average molecular weight is 165 g/mol. The number of fused-ring (bicyclic) bond motifs is 1. The van der Waals surface area contributed by atoms with Gasteiger partial charge in [0.15, 0.2) is 12.1 Å². The van der Waals surface area contributed by atoms with Crippen molar-refractivity contribution in [3.8, 4) is 0 Å². The van der Waals surface area contributed by atoms with Gasteiger partial charge in [-0.15, -0.1) is 0 Å². The van der Waals surface area contributed by atoms with Gasteiger partial charge in [-0.1, -0.05) is 0 Å². The Morgan fingerprint density at radius 2 is 2.17 bits per heavy atom. The summed E-state index contributed by atoms with van der Waals surface area (Å²) in [5, 5.41) is 0. The molecule has 12 heavy (non-hydrogen) atoms. The SMILES string of the molecule is O=Cc1cnc2ncc(F)cn12. The molecule has 60 valence electrons. The summed E-state index contributed by atoms with van der Waals surface area (Å²) in [5.74, 6) is -0.179. The van der Waals surface area contributed by atoms with Gasteiger partial charge < -0.3 is 0 Å². The summed E-state index contributed by atoms with van der Waals surface area (Å²) in [7, 11) is 0. The Bertz CT molecular complexity index is 437. The van der Waals surface area contributed by atoms with E-state index in [1.807, 2.05) is 0 Å². The summed E-state index contributed by atoms with van der Waals surface area (Å²) in [6.45, 7) is 0. The van der Waals surface area contributed by atoms with Gasteiger partial charge in [-0.25, -0.2) is 14.4 Å². The zero-order valence-corrected chi connectivity index (χ0v) is 5.94. The van der Waals surface area contributed by atoms with Crippen LogP contribution in [0.5, 0.6) is 0 Å². The van der Waals surface area contributed by atoms with E-state index < -0.39 is 5.82 Å². The minimum atomic E-state index is -0.497. The van der Waals surface area contributed by atoms with E-state index >= 15 is 0 Å². The number of halogens is 1. The number of aldehydes is 1. The van der Waals surface area contributed by atoms with Crippen molar-refractivity contribution in [3.05, 3.63) is 30.1 Å². The van der Waals surface area contributed by atoms with Crippen molar-refractivity contribution in [1.82, 2.24) is 14.4 Å². The van der Waals surface area contributed by atoms with Crippen LogP contribution < -0.4 is 0 Å². The predicted octanol–water partition coefficient (Wildman–Crippen LogP) is 0.681. The number of hydrogen-bond donors (Lipinski definition) is 0. The largest absolute Gasteiger partial charge is 0.296 e. The molecule has 2 aromatic rings. The smallest absolute Gasteiger partial charge is 0.234 e. The van der Waals surface area contributed by atoms with Crippen LogP contribution in [0.15, 0.2) is 18.6 Å². The molecule has 0 amide bonds. The van der Waals surface area contributed by atoms with Gasteiger partial charge in [-0.2, -0.15) is 0 Å². The Hall–Kier alpha value is -1.78. The lowest BCUT2D eigenvalue weighted by atomic mass is 10.5. The lowest BCUT2D eigenvalue weighted by Crippen LogP contribution is -1.93. The molecule has 0 aliphatic rings. The summed E-state index contributed by atoms with van der Waals surface area (Å²) < 4.78 is 13.9. The van der Waals surface area contributed by atoms with Gasteiger partial charge in [0.1, 0.15) is 5.69 Å². The molecule has 0 N–H and O–H groups in total. The van der Waals surface area contributed by atoms with Gasteiger partial charge in [-0.3, -0.25) is 9.20 Å². The fourth-order valence-electron chi connectivity index (χ4n) is 0.955. The first-order chi connectivity index (χ1) is 5.81. The second kappa shape index (κ2) is 2.37. The molecule has 0 saturated heterocycles. The molecular weight excluding hydrogens is 161 g/mol. The Labute approximate surface area is 66.7 Å². The van der Waals surface area contributed by atoms with Gasteiger partial charge in [0.25, 0.3) is 0 Å². The first-order valence-electron chi connectivity index (χ1n) is 3.25. The second-order valence-corrected chi connectivity index (χ2v) is 2.24. The van der Waals surface area contributed by atoms with Gasteiger partial charge in [0.05, 0.1) is 18.6 Å². The molecule has 4 nitrogen and oxygen atoms in total. The summed E-state index contributed by atoms with van der Waals surface area (Å²) in [5.41, 5.74) is 0.289. The fourth-order valence-corrected chi connectivity index (χ4v) is 0.955.